The molecule has 5 nitrogen and oxygen atoms in total. The van der Waals surface area contributed by atoms with Gasteiger partial charge in [-0.2, -0.15) is 9.37 Å². The maximum absolute atomic E-state index is 13.5. The Morgan fingerprint density at radius 1 is 1.35 bits per heavy atom. The van der Waals surface area contributed by atoms with Crippen LogP contribution < -0.4 is 16.0 Å². The first-order chi connectivity index (χ1) is 9.63. The van der Waals surface area contributed by atoms with E-state index in [1.807, 2.05) is 12.1 Å². The average molecular weight is 276 g/mol. The van der Waals surface area contributed by atoms with Gasteiger partial charge in [-0.05, 0) is 30.0 Å². The number of halogens is 1. The van der Waals surface area contributed by atoms with Gasteiger partial charge in [0.25, 0.3) is 5.88 Å². The summed E-state index contributed by atoms with van der Waals surface area (Å²) in [7, 11) is 0. The summed E-state index contributed by atoms with van der Waals surface area (Å²) in [5.41, 5.74) is 3.46. The van der Waals surface area contributed by atoms with Gasteiger partial charge >= 0.3 is 0 Å². The van der Waals surface area contributed by atoms with Gasteiger partial charge in [-0.3, -0.25) is 5.43 Å². The van der Waals surface area contributed by atoms with Crippen LogP contribution in [0.15, 0.2) is 30.5 Å². The largest absolute Gasteiger partial charge is 0.436 e. The second-order valence-corrected chi connectivity index (χ2v) is 4.47. The number of hydrazine groups is 1. The summed E-state index contributed by atoms with van der Waals surface area (Å²) in [6.45, 7) is 4.28. The van der Waals surface area contributed by atoms with Crippen LogP contribution in [-0.2, 0) is 0 Å². The monoisotopic (exact) mass is 276 g/mol. The number of nitrogens with two attached hydrogens (primary N) is 1. The van der Waals surface area contributed by atoms with Crippen LogP contribution >= 0.6 is 0 Å². The molecule has 0 saturated heterocycles. The third kappa shape index (κ3) is 3.21. The van der Waals surface area contributed by atoms with Crippen molar-refractivity contribution in [2.24, 2.45) is 5.84 Å². The lowest BCUT2D eigenvalue weighted by Crippen LogP contribution is -2.11. The van der Waals surface area contributed by atoms with Crippen LogP contribution in [0.4, 0.5) is 10.3 Å². The van der Waals surface area contributed by atoms with Crippen molar-refractivity contribution in [3.63, 3.8) is 0 Å². The third-order valence-electron chi connectivity index (χ3n) is 3.12. The Morgan fingerprint density at radius 2 is 2.05 bits per heavy atom. The molecular formula is C14H17FN4O. The molecule has 2 rings (SSSR count). The van der Waals surface area contributed by atoms with Crippen molar-refractivity contribution in [3.05, 3.63) is 41.8 Å². The van der Waals surface area contributed by atoms with Crippen LogP contribution in [0.25, 0.3) is 0 Å². The quantitative estimate of drug-likeness (QED) is 0.648. The summed E-state index contributed by atoms with van der Waals surface area (Å²) < 4.78 is 18.9. The summed E-state index contributed by atoms with van der Waals surface area (Å²) >= 11 is 0. The minimum Gasteiger partial charge on any atom is -0.436 e. The van der Waals surface area contributed by atoms with Crippen molar-refractivity contribution >= 4 is 5.95 Å². The van der Waals surface area contributed by atoms with Crippen LogP contribution in [0.3, 0.4) is 0 Å². The first kappa shape index (κ1) is 14.2. The van der Waals surface area contributed by atoms with Gasteiger partial charge in [0.2, 0.25) is 11.8 Å². The molecule has 1 unspecified atom stereocenters. The lowest BCUT2D eigenvalue weighted by atomic mass is 9.99. The number of nitrogens with one attached hydrogen (secondary N) is 1. The number of ether oxygens (including phenoxy) is 1. The second-order valence-electron chi connectivity index (χ2n) is 4.47. The fraction of sp³-hybridized carbons (Fsp3) is 0.286. The first-order valence-corrected chi connectivity index (χ1v) is 6.41. The molecule has 0 saturated carbocycles. The van der Waals surface area contributed by atoms with Crippen molar-refractivity contribution in [1.29, 1.82) is 0 Å². The highest BCUT2D eigenvalue weighted by molar-refractivity contribution is 5.34. The fourth-order valence-corrected chi connectivity index (χ4v) is 1.70. The van der Waals surface area contributed by atoms with E-state index < -0.39 is 5.82 Å². The molecule has 0 aliphatic rings. The smallest absolute Gasteiger partial charge is 0.260 e. The molecule has 106 valence electrons. The van der Waals surface area contributed by atoms with Crippen LogP contribution in [0.2, 0.25) is 0 Å². The molecule has 3 N–H and O–H groups in total. The van der Waals surface area contributed by atoms with Gasteiger partial charge < -0.3 is 4.74 Å². The van der Waals surface area contributed by atoms with E-state index in [0.717, 1.165) is 12.6 Å². The highest BCUT2D eigenvalue weighted by Crippen LogP contribution is 2.25. The molecule has 1 aromatic carbocycles. The molecule has 2 aromatic rings. The van der Waals surface area contributed by atoms with E-state index in [9.17, 15) is 4.39 Å². The number of anilines is 1. The Hall–Kier alpha value is -2.21. The minimum atomic E-state index is -0.644. The summed E-state index contributed by atoms with van der Waals surface area (Å²) in [5.74, 6) is 5.46. The summed E-state index contributed by atoms with van der Waals surface area (Å²) in [6, 6.07) is 7.51. The van der Waals surface area contributed by atoms with E-state index in [2.05, 4.69) is 29.2 Å². The van der Waals surface area contributed by atoms with Gasteiger partial charge in [0.1, 0.15) is 5.75 Å². The standard InChI is InChI=1S/C14H17FN4O/c1-3-9(2)10-4-6-11(7-5-10)20-13-12(15)8-17-14(18-13)19-16/h4-9H,3,16H2,1-2H3,(H,17,18,19). The fourth-order valence-electron chi connectivity index (χ4n) is 1.70. The molecule has 0 spiro atoms. The number of hydrogen-bond donors (Lipinski definition) is 2. The Labute approximate surface area is 117 Å². The van der Waals surface area contributed by atoms with Gasteiger partial charge in [-0.25, -0.2) is 10.8 Å². The summed E-state index contributed by atoms with van der Waals surface area (Å²) in [6.07, 6.45) is 2.07. The lowest BCUT2D eigenvalue weighted by Gasteiger charge is -2.10. The molecule has 0 aliphatic carbocycles. The van der Waals surface area contributed by atoms with Gasteiger partial charge in [0.05, 0.1) is 6.20 Å². The van der Waals surface area contributed by atoms with Crippen LogP contribution in [-0.4, -0.2) is 9.97 Å². The summed E-state index contributed by atoms with van der Waals surface area (Å²) in [5, 5.41) is 0. The van der Waals surface area contributed by atoms with Crippen molar-refractivity contribution in [2.45, 2.75) is 26.2 Å². The third-order valence-corrected chi connectivity index (χ3v) is 3.12. The highest BCUT2D eigenvalue weighted by Gasteiger charge is 2.09. The molecule has 0 amide bonds. The first-order valence-electron chi connectivity index (χ1n) is 6.41. The lowest BCUT2D eigenvalue weighted by molar-refractivity contribution is 0.420. The second kappa shape index (κ2) is 6.29. The molecular weight excluding hydrogens is 259 g/mol. The molecule has 0 aliphatic heterocycles. The summed E-state index contributed by atoms with van der Waals surface area (Å²) in [4.78, 5) is 7.46. The van der Waals surface area contributed by atoms with Crippen LogP contribution in [0, 0.1) is 5.82 Å². The van der Waals surface area contributed by atoms with E-state index in [-0.39, 0.29) is 11.8 Å². The highest BCUT2D eigenvalue weighted by atomic mass is 19.1. The SMILES string of the molecule is CCC(C)c1ccc(Oc2nc(NN)ncc2F)cc1. The van der Waals surface area contributed by atoms with Crippen molar-refractivity contribution in [1.82, 2.24) is 9.97 Å². The molecule has 0 radical (unpaired) electrons. The number of nitrogens with zero attached hydrogens (tertiary/aromatic N) is 2. The van der Waals surface area contributed by atoms with Crippen molar-refractivity contribution < 1.29 is 9.13 Å². The zero-order valence-electron chi connectivity index (χ0n) is 11.4. The normalized spacial score (nSPS) is 12.0. The van der Waals surface area contributed by atoms with Crippen LogP contribution in [0.5, 0.6) is 11.6 Å². The van der Waals surface area contributed by atoms with E-state index in [4.69, 9.17) is 10.6 Å². The number of benzene rings is 1. The maximum Gasteiger partial charge on any atom is 0.260 e. The van der Waals surface area contributed by atoms with Gasteiger partial charge in [0.15, 0.2) is 0 Å². The number of hydrogen-bond acceptors (Lipinski definition) is 5. The van der Waals surface area contributed by atoms with Crippen LogP contribution in [0.1, 0.15) is 31.7 Å². The van der Waals surface area contributed by atoms with Gasteiger partial charge in [-0.15, -0.1) is 0 Å². The Kier molecular flexibility index (Phi) is 4.47. The van der Waals surface area contributed by atoms with Crippen molar-refractivity contribution in [3.8, 4) is 11.6 Å². The zero-order chi connectivity index (χ0) is 14.5. The predicted molar refractivity (Wildman–Crippen MR) is 75.0 cm³/mol. The van der Waals surface area contributed by atoms with Gasteiger partial charge in [0, 0.05) is 0 Å². The molecule has 20 heavy (non-hydrogen) atoms. The minimum absolute atomic E-state index is 0.0950. The molecule has 6 heteroatoms. The topological polar surface area (TPSA) is 73.1 Å². The van der Waals surface area contributed by atoms with E-state index in [0.29, 0.717) is 11.7 Å². The van der Waals surface area contributed by atoms with E-state index in [1.165, 1.54) is 5.56 Å². The average Bonchev–Trinajstić information content (AvgIpc) is 2.49. The molecule has 0 fully saturated rings. The number of nitrogen functional groups attached to an aromatic ring is 1. The predicted octanol–water partition coefficient (Wildman–Crippen LogP) is 3.21. The number of rotatable bonds is 5. The van der Waals surface area contributed by atoms with E-state index in [1.54, 1.807) is 12.1 Å². The number of aromatic nitrogens is 2. The molecule has 1 aromatic heterocycles. The molecule has 0 bridgehead atoms. The Balaban J connectivity index is 2.17. The van der Waals surface area contributed by atoms with E-state index >= 15 is 0 Å². The van der Waals surface area contributed by atoms with Crippen molar-refractivity contribution in [2.75, 3.05) is 5.43 Å². The Bertz CT molecular complexity index is 574. The van der Waals surface area contributed by atoms with Gasteiger partial charge in [-0.1, -0.05) is 26.0 Å². The Morgan fingerprint density at radius 3 is 2.65 bits per heavy atom. The molecule has 1 heterocycles. The zero-order valence-corrected chi connectivity index (χ0v) is 11.4. The maximum atomic E-state index is 13.5. The molecule has 1 atom stereocenters.